The van der Waals surface area contributed by atoms with Gasteiger partial charge in [0.15, 0.2) is 0 Å². The second-order valence-corrected chi connectivity index (χ2v) is 4.42. The van der Waals surface area contributed by atoms with Gasteiger partial charge in [0.25, 0.3) is 0 Å². The maximum absolute atomic E-state index is 11.0. The Bertz CT molecular complexity index is 162. The Labute approximate surface area is 87.5 Å². The highest BCUT2D eigenvalue weighted by atomic mass is 16.1. The molecule has 1 fully saturated rings. The molecule has 0 unspecified atom stereocenters. The first-order valence-corrected chi connectivity index (χ1v) is 6.03. The predicted molar refractivity (Wildman–Crippen MR) is 59.1 cm³/mol. The Morgan fingerprint density at radius 2 is 1.93 bits per heavy atom. The average molecular weight is 197 g/mol. The van der Waals surface area contributed by atoms with Crippen LogP contribution in [-0.2, 0) is 4.79 Å². The minimum Gasteiger partial charge on any atom is -0.359 e. The zero-order chi connectivity index (χ0) is 10.2. The molecule has 1 rings (SSSR count). The number of unbranched alkanes of at least 4 members (excludes halogenated alkanes) is 1. The quantitative estimate of drug-likeness (QED) is 0.675. The molecule has 14 heavy (non-hydrogen) atoms. The van der Waals surface area contributed by atoms with Crippen LogP contribution in [0.15, 0.2) is 0 Å². The van der Waals surface area contributed by atoms with Crippen molar-refractivity contribution in [3.05, 3.63) is 0 Å². The van der Waals surface area contributed by atoms with Crippen LogP contribution in [0, 0.1) is 5.92 Å². The summed E-state index contributed by atoms with van der Waals surface area (Å²) in [5, 5.41) is 2.66. The lowest BCUT2D eigenvalue weighted by Crippen LogP contribution is -2.17. The van der Waals surface area contributed by atoms with E-state index in [1.807, 2.05) is 0 Å². The lowest BCUT2D eigenvalue weighted by Gasteiger charge is -2.21. The topological polar surface area (TPSA) is 29.1 Å². The smallest absolute Gasteiger partial charge is 0.219 e. The van der Waals surface area contributed by atoms with Crippen LogP contribution >= 0.6 is 0 Å². The largest absolute Gasteiger partial charge is 0.359 e. The van der Waals surface area contributed by atoms with Gasteiger partial charge < -0.3 is 5.32 Å². The number of hydrogen-bond acceptors (Lipinski definition) is 1. The number of nitrogens with one attached hydrogen (secondary N) is 1. The number of carbonyl (C=O) groups excluding carboxylic acids is 1. The minimum atomic E-state index is 0.189. The van der Waals surface area contributed by atoms with Gasteiger partial charge in [0.2, 0.25) is 5.91 Å². The van der Waals surface area contributed by atoms with Crippen molar-refractivity contribution < 1.29 is 4.79 Å². The van der Waals surface area contributed by atoms with Crippen LogP contribution in [-0.4, -0.2) is 13.0 Å². The van der Waals surface area contributed by atoms with Crippen molar-refractivity contribution in [2.24, 2.45) is 5.92 Å². The van der Waals surface area contributed by atoms with Gasteiger partial charge in [-0.25, -0.2) is 0 Å². The first-order valence-electron chi connectivity index (χ1n) is 6.03. The minimum absolute atomic E-state index is 0.189. The second-order valence-electron chi connectivity index (χ2n) is 4.42. The van der Waals surface area contributed by atoms with Gasteiger partial charge in [-0.05, 0) is 12.3 Å². The third kappa shape index (κ3) is 4.64. The summed E-state index contributed by atoms with van der Waals surface area (Å²) in [5.41, 5.74) is 0. The van der Waals surface area contributed by atoms with Gasteiger partial charge in [-0.15, -0.1) is 0 Å². The van der Waals surface area contributed by atoms with Crippen LogP contribution in [0.5, 0.6) is 0 Å². The molecule has 0 heterocycles. The van der Waals surface area contributed by atoms with Crippen molar-refractivity contribution in [1.82, 2.24) is 5.32 Å². The predicted octanol–water partition coefficient (Wildman–Crippen LogP) is 2.87. The Hall–Kier alpha value is -0.530. The van der Waals surface area contributed by atoms with Gasteiger partial charge in [0, 0.05) is 13.5 Å². The SMILES string of the molecule is CNC(=O)CCCCC1CCCCC1. The van der Waals surface area contributed by atoms with Gasteiger partial charge in [0.1, 0.15) is 0 Å². The highest BCUT2D eigenvalue weighted by Crippen LogP contribution is 2.27. The fourth-order valence-electron chi connectivity index (χ4n) is 2.32. The molecular weight excluding hydrogens is 174 g/mol. The van der Waals surface area contributed by atoms with Crippen molar-refractivity contribution in [1.29, 1.82) is 0 Å². The molecule has 0 bridgehead atoms. The van der Waals surface area contributed by atoms with E-state index in [1.165, 1.54) is 44.9 Å². The van der Waals surface area contributed by atoms with Crippen LogP contribution in [0.3, 0.4) is 0 Å². The summed E-state index contributed by atoms with van der Waals surface area (Å²) in [5.74, 6) is 1.15. The first-order chi connectivity index (χ1) is 6.83. The van der Waals surface area contributed by atoms with Crippen LogP contribution in [0.2, 0.25) is 0 Å². The zero-order valence-electron chi connectivity index (χ0n) is 9.35. The highest BCUT2D eigenvalue weighted by Gasteiger charge is 2.12. The van der Waals surface area contributed by atoms with Gasteiger partial charge >= 0.3 is 0 Å². The van der Waals surface area contributed by atoms with Crippen molar-refractivity contribution in [2.45, 2.75) is 57.8 Å². The molecule has 0 saturated heterocycles. The first kappa shape index (κ1) is 11.5. The van der Waals surface area contributed by atoms with E-state index in [4.69, 9.17) is 0 Å². The Balaban J connectivity index is 1.94. The maximum atomic E-state index is 11.0. The zero-order valence-corrected chi connectivity index (χ0v) is 9.35. The summed E-state index contributed by atoms with van der Waals surface area (Å²) in [6, 6.07) is 0. The van der Waals surface area contributed by atoms with Crippen molar-refractivity contribution >= 4 is 5.91 Å². The molecule has 1 aliphatic carbocycles. The standard InChI is InChI=1S/C12H23NO/c1-13-12(14)10-6-5-9-11-7-3-2-4-8-11/h11H,2-10H2,1H3,(H,13,14). The molecule has 0 aromatic rings. The van der Waals surface area contributed by atoms with E-state index < -0.39 is 0 Å². The third-order valence-electron chi connectivity index (χ3n) is 3.27. The van der Waals surface area contributed by atoms with Crippen molar-refractivity contribution in [2.75, 3.05) is 7.05 Å². The number of amides is 1. The maximum Gasteiger partial charge on any atom is 0.219 e. The third-order valence-corrected chi connectivity index (χ3v) is 3.27. The number of rotatable bonds is 5. The van der Waals surface area contributed by atoms with E-state index in [-0.39, 0.29) is 5.91 Å². The molecule has 0 spiro atoms. The average Bonchev–Trinajstić information content (AvgIpc) is 2.25. The lowest BCUT2D eigenvalue weighted by atomic mass is 9.85. The van der Waals surface area contributed by atoms with Crippen LogP contribution in [0.25, 0.3) is 0 Å². The Morgan fingerprint density at radius 3 is 2.57 bits per heavy atom. The highest BCUT2D eigenvalue weighted by molar-refractivity contribution is 5.75. The summed E-state index contributed by atoms with van der Waals surface area (Å²) in [6.45, 7) is 0. The number of hydrogen-bond donors (Lipinski definition) is 1. The van der Waals surface area contributed by atoms with E-state index in [0.717, 1.165) is 12.3 Å². The van der Waals surface area contributed by atoms with E-state index in [9.17, 15) is 4.79 Å². The van der Waals surface area contributed by atoms with Gasteiger partial charge in [-0.1, -0.05) is 44.9 Å². The molecule has 1 N–H and O–H groups in total. The molecule has 1 aliphatic rings. The molecule has 1 saturated carbocycles. The fourth-order valence-corrected chi connectivity index (χ4v) is 2.32. The monoisotopic (exact) mass is 197 g/mol. The summed E-state index contributed by atoms with van der Waals surface area (Å²) >= 11 is 0. The molecule has 82 valence electrons. The summed E-state index contributed by atoms with van der Waals surface area (Å²) in [6.07, 6.45) is 11.5. The molecule has 0 aromatic heterocycles. The lowest BCUT2D eigenvalue weighted by molar-refractivity contribution is -0.120. The Kier molecular flexibility index (Phi) is 5.65. The summed E-state index contributed by atoms with van der Waals surface area (Å²) in [7, 11) is 1.71. The van der Waals surface area contributed by atoms with Gasteiger partial charge in [-0.3, -0.25) is 4.79 Å². The van der Waals surface area contributed by atoms with E-state index in [0.29, 0.717) is 6.42 Å². The summed E-state index contributed by atoms with van der Waals surface area (Å²) < 4.78 is 0. The van der Waals surface area contributed by atoms with E-state index >= 15 is 0 Å². The molecule has 2 heteroatoms. The normalized spacial score (nSPS) is 18.1. The van der Waals surface area contributed by atoms with Gasteiger partial charge in [-0.2, -0.15) is 0 Å². The van der Waals surface area contributed by atoms with E-state index in [2.05, 4.69) is 5.32 Å². The van der Waals surface area contributed by atoms with Crippen LogP contribution < -0.4 is 5.32 Å². The van der Waals surface area contributed by atoms with E-state index in [1.54, 1.807) is 7.05 Å². The van der Waals surface area contributed by atoms with Crippen molar-refractivity contribution in [3.63, 3.8) is 0 Å². The molecule has 0 aromatic carbocycles. The van der Waals surface area contributed by atoms with Crippen molar-refractivity contribution in [3.8, 4) is 0 Å². The molecule has 0 atom stereocenters. The Morgan fingerprint density at radius 1 is 1.21 bits per heavy atom. The van der Waals surface area contributed by atoms with Crippen LogP contribution in [0.1, 0.15) is 57.8 Å². The molecule has 2 nitrogen and oxygen atoms in total. The molecule has 1 amide bonds. The van der Waals surface area contributed by atoms with Gasteiger partial charge in [0.05, 0.1) is 0 Å². The number of carbonyl (C=O) groups is 1. The second kappa shape index (κ2) is 6.86. The summed E-state index contributed by atoms with van der Waals surface area (Å²) in [4.78, 5) is 11.0. The molecule has 0 aliphatic heterocycles. The van der Waals surface area contributed by atoms with Crippen LogP contribution in [0.4, 0.5) is 0 Å². The molecule has 0 radical (unpaired) electrons. The fraction of sp³-hybridized carbons (Fsp3) is 0.917. The molecular formula is C12H23NO.